The van der Waals surface area contributed by atoms with Crippen molar-refractivity contribution in [2.75, 3.05) is 6.61 Å². The largest absolute Gasteiger partial charge is 0.481 e. The summed E-state index contributed by atoms with van der Waals surface area (Å²) in [6.45, 7) is 1.46. The van der Waals surface area contributed by atoms with Gasteiger partial charge in [-0.15, -0.1) is 16.6 Å². The Morgan fingerprint density at radius 3 is 3.00 bits per heavy atom. The first-order valence-corrected chi connectivity index (χ1v) is 5.47. The molecule has 6 heteroatoms. The van der Waals surface area contributed by atoms with E-state index in [4.69, 9.17) is 11.2 Å². The molecule has 2 N–H and O–H groups in total. The zero-order valence-electron chi connectivity index (χ0n) is 9.76. The topological polar surface area (TPSA) is 75.7 Å². The summed E-state index contributed by atoms with van der Waals surface area (Å²) in [4.78, 5) is 0. The van der Waals surface area contributed by atoms with Gasteiger partial charge in [0.2, 0.25) is 0 Å². The molecule has 18 heavy (non-hydrogen) atoms. The first-order valence-electron chi connectivity index (χ1n) is 5.47. The third kappa shape index (κ3) is 3.30. The van der Waals surface area contributed by atoms with Gasteiger partial charge < -0.3 is 10.1 Å². The molecule has 1 aromatic heterocycles. The number of terminal acetylenes is 1. The molecule has 0 saturated heterocycles. The smallest absolute Gasteiger partial charge is 0.188 e. The van der Waals surface area contributed by atoms with Crippen LogP contribution in [0.25, 0.3) is 0 Å². The van der Waals surface area contributed by atoms with E-state index >= 15 is 0 Å². The van der Waals surface area contributed by atoms with Crippen LogP contribution < -0.4 is 10.1 Å². The molecule has 0 atom stereocenters. The van der Waals surface area contributed by atoms with E-state index in [0.29, 0.717) is 18.9 Å². The van der Waals surface area contributed by atoms with Gasteiger partial charge in [0.25, 0.3) is 0 Å². The average molecular weight is 243 g/mol. The third-order valence-electron chi connectivity index (χ3n) is 2.27. The Morgan fingerprint density at radius 2 is 2.22 bits per heavy atom. The van der Waals surface area contributed by atoms with Crippen molar-refractivity contribution in [3.05, 3.63) is 35.7 Å². The molecule has 2 aromatic rings. The second-order valence-corrected chi connectivity index (χ2v) is 3.53. The summed E-state index contributed by atoms with van der Waals surface area (Å²) < 4.78 is 5.45. The summed E-state index contributed by atoms with van der Waals surface area (Å²) in [6, 6.07) is 7.74. The number of para-hydroxylation sites is 1. The van der Waals surface area contributed by atoms with Gasteiger partial charge in [0, 0.05) is 12.1 Å². The molecule has 0 aliphatic rings. The van der Waals surface area contributed by atoms with Crippen LogP contribution in [0.2, 0.25) is 0 Å². The zero-order chi connectivity index (χ0) is 12.6. The van der Waals surface area contributed by atoms with E-state index in [2.05, 4.69) is 31.9 Å². The van der Waals surface area contributed by atoms with E-state index < -0.39 is 0 Å². The molecule has 92 valence electrons. The quantitative estimate of drug-likeness (QED) is 0.723. The van der Waals surface area contributed by atoms with Gasteiger partial charge in [-0.2, -0.15) is 5.21 Å². The van der Waals surface area contributed by atoms with Crippen LogP contribution in [0.1, 0.15) is 11.4 Å². The maximum absolute atomic E-state index is 5.45. The number of ether oxygens (including phenoxy) is 1. The molecule has 0 bridgehead atoms. The molecule has 0 radical (unpaired) electrons. The van der Waals surface area contributed by atoms with Gasteiger partial charge in [0.1, 0.15) is 12.4 Å². The van der Waals surface area contributed by atoms with Crippen LogP contribution in [0.4, 0.5) is 0 Å². The molecular formula is C12H13N5O. The number of nitrogens with one attached hydrogen (secondary N) is 2. The Balaban J connectivity index is 1.90. The minimum atomic E-state index is 0.266. The fraction of sp³-hybridized carbons (Fsp3) is 0.250. The van der Waals surface area contributed by atoms with Crippen LogP contribution in [0.3, 0.4) is 0 Å². The molecular weight excluding hydrogens is 230 g/mol. The van der Waals surface area contributed by atoms with Gasteiger partial charge in [0.15, 0.2) is 5.82 Å². The number of hydrogen-bond acceptors (Lipinski definition) is 5. The lowest BCUT2D eigenvalue weighted by Gasteiger charge is -2.09. The zero-order valence-corrected chi connectivity index (χ0v) is 9.76. The molecule has 0 aliphatic carbocycles. The lowest BCUT2D eigenvalue weighted by Crippen LogP contribution is -2.14. The van der Waals surface area contributed by atoms with Gasteiger partial charge in [-0.25, -0.2) is 0 Å². The molecule has 0 fully saturated rings. The monoisotopic (exact) mass is 243 g/mol. The Labute approximate surface area is 105 Å². The van der Waals surface area contributed by atoms with Crippen molar-refractivity contribution in [1.82, 2.24) is 25.9 Å². The number of aromatic amines is 1. The average Bonchev–Trinajstić information content (AvgIpc) is 2.91. The van der Waals surface area contributed by atoms with E-state index in [0.717, 1.165) is 11.3 Å². The highest BCUT2D eigenvalue weighted by Crippen LogP contribution is 2.17. The molecule has 0 aliphatic heterocycles. The predicted molar refractivity (Wildman–Crippen MR) is 65.5 cm³/mol. The van der Waals surface area contributed by atoms with Crippen LogP contribution in [-0.2, 0) is 13.1 Å². The standard InChI is InChI=1S/C12H13N5O/c1-2-7-18-11-6-4-3-5-10(11)8-13-9-12-14-16-17-15-12/h1,3-6,13H,7-9H2,(H,14,15,16,17). The molecule has 0 saturated carbocycles. The van der Waals surface area contributed by atoms with Crippen LogP contribution in [0, 0.1) is 12.3 Å². The van der Waals surface area contributed by atoms with Gasteiger partial charge in [-0.1, -0.05) is 29.3 Å². The fourth-order valence-electron chi connectivity index (χ4n) is 1.48. The normalized spacial score (nSPS) is 9.94. The predicted octanol–water partition coefficient (Wildman–Crippen LogP) is 0.501. The molecule has 0 unspecified atom stereocenters. The number of benzene rings is 1. The molecule has 6 nitrogen and oxygen atoms in total. The number of hydrogen-bond donors (Lipinski definition) is 2. The van der Waals surface area contributed by atoms with Crippen molar-refractivity contribution in [1.29, 1.82) is 0 Å². The van der Waals surface area contributed by atoms with Crippen molar-refractivity contribution in [2.45, 2.75) is 13.1 Å². The summed E-state index contributed by atoms with van der Waals surface area (Å²) in [5.41, 5.74) is 1.04. The molecule has 1 heterocycles. The van der Waals surface area contributed by atoms with Crippen LogP contribution in [-0.4, -0.2) is 27.2 Å². The van der Waals surface area contributed by atoms with E-state index in [1.807, 2.05) is 24.3 Å². The summed E-state index contributed by atoms with van der Waals surface area (Å²) in [5, 5.41) is 16.8. The summed E-state index contributed by atoms with van der Waals surface area (Å²) in [7, 11) is 0. The lowest BCUT2D eigenvalue weighted by molar-refractivity contribution is 0.364. The van der Waals surface area contributed by atoms with E-state index in [1.165, 1.54) is 0 Å². The van der Waals surface area contributed by atoms with Gasteiger partial charge in [0.05, 0.1) is 6.54 Å². The first-order chi connectivity index (χ1) is 8.90. The number of nitrogens with zero attached hydrogens (tertiary/aromatic N) is 3. The second kappa shape index (κ2) is 6.37. The SMILES string of the molecule is C#CCOc1ccccc1CNCc1nn[nH]n1. The lowest BCUT2D eigenvalue weighted by atomic mass is 10.2. The van der Waals surface area contributed by atoms with Gasteiger partial charge in [-0.3, -0.25) is 0 Å². The Morgan fingerprint density at radius 1 is 1.33 bits per heavy atom. The van der Waals surface area contributed by atoms with E-state index in [-0.39, 0.29) is 6.61 Å². The molecule has 2 rings (SSSR count). The summed E-state index contributed by atoms with van der Waals surface area (Å²) in [5.74, 6) is 3.86. The van der Waals surface area contributed by atoms with Crippen molar-refractivity contribution >= 4 is 0 Å². The van der Waals surface area contributed by atoms with Crippen molar-refractivity contribution < 1.29 is 4.74 Å². The maximum atomic E-state index is 5.45. The Hall–Kier alpha value is -2.39. The highest BCUT2D eigenvalue weighted by molar-refractivity contribution is 5.33. The van der Waals surface area contributed by atoms with E-state index in [1.54, 1.807) is 0 Å². The van der Waals surface area contributed by atoms with Gasteiger partial charge in [-0.05, 0) is 6.07 Å². The Bertz CT molecular complexity index is 518. The third-order valence-corrected chi connectivity index (χ3v) is 2.27. The second-order valence-electron chi connectivity index (χ2n) is 3.53. The van der Waals surface area contributed by atoms with Crippen LogP contribution in [0.15, 0.2) is 24.3 Å². The van der Waals surface area contributed by atoms with Crippen molar-refractivity contribution in [3.8, 4) is 18.1 Å². The van der Waals surface area contributed by atoms with E-state index in [9.17, 15) is 0 Å². The molecule has 0 amide bonds. The number of H-pyrrole nitrogens is 1. The minimum Gasteiger partial charge on any atom is -0.481 e. The fourth-order valence-corrected chi connectivity index (χ4v) is 1.48. The summed E-state index contributed by atoms with van der Waals surface area (Å²) in [6.07, 6.45) is 5.17. The maximum Gasteiger partial charge on any atom is 0.188 e. The van der Waals surface area contributed by atoms with Crippen molar-refractivity contribution in [3.63, 3.8) is 0 Å². The number of tetrazole rings is 1. The van der Waals surface area contributed by atoms with Crippen LogP contribution in [0.5, 0.6) is 5.75 Å². The highest BCUT2D eigenvalue weighted by Gasteiger charge is 2.03. The van der Waals surface area contributed by atoms with Gasteiger partial charge >= 0.3 is 0 Å². The van der Waals surface area contributed by atoms with Crippen LogP contribution >= 0.6 is 0 Å². The highest BCUT2D eigenvalue weighted by atomic mass is 16.5. The molecule has 0 spiro atoms. The Kier molecular flexibility index (Phi) is 4.27. The van der Waals surface area contributed by atoms with Crippen molar-refractivity contribution in [2.24, 2.45) is 0 Å². The summed E-state index contributed by atoms with van der Waals surface area (Å²) >= 11 is 0. The minimum absolute atomic E-state index is 0.266. The number of rotatable bonds is 6. The molecule has 1 aromatic carbocycles. The first kappa shape index (κ1) is 12.1. The number of aromatic nitrogens is 4.